The molecule has 0 unspecified atom stereocenters. The first-order valence-corrected chi connectivity index (χ1v) is 9.11. The number of aromatic nitrogens is 4. The first kappa shape index (κ1) is 20.0. The minimum atomic E-state index is -0.721. The van der Waals surface area contributed by atoms with Crippen molar-refractivity contribution >= 4 is 29.4 Å². The molecule has 0 atom stereocenters. The number of thiophene rings is 1. The van der Waals surface area contributed by atoms with E-state index in [1.807, 2.05) is 0 Å². The van der Waals surface area contributed by atoms with E-state index in [1.54, 1.807) is 29.6 Å². The van der Waals surface area contributed by atoms with Crippen LogP contribution < -0.4 is 15.2 Å². The number of ether oxygens (including phenoxy) is 3. The second-order valence-corrected chi connectivity index (χ2v) is 6.45. The average molecular weight is 416 g/mol. The summed E-state index contributed by atoms with van der Waals surface area (Å²) in [5, 5.41) is 9.84. The molecule has 0 saturated heterocycles. The van der Waals surface area contributed by atoms with Gasteiger partial charge in [0.2, 0.25) is 0 Å². The monoisotopic (exact) mass is 416 g/mol. The fraction of sp³-hybridized carbons (Fsp3) is 0.167. The summed E-state index contributed by atoms with van der Waals surface area (Å²) in [5.74, 6) is -0.784. The molecule has 3 aromatic rings. The Morgan fingerprint density at radius 3 is 2.69 bits per heavy atom. The Balaban J connectivity index is 1.71. The summed E-state index contributed by atoms with van der Waals surface area (Å²) in [5.41, 5.74) is 0.0850. The fourth-order valence-electron chi connectivity index (χ4n) is 2.28. The molecule has 0 spiro atoms. The lowest BCUT2D eigenvalue weighted by Crippen LogP contribution is -2.28. The van der Waals surface area contributed by atoms with Gasteiger partial charge in [0, 0.05) is 6.08 Å². The SMILES string of the molecule is COC(=O)/C=C/c1ccc(OC(=O)Cn2nnn(-c3cccs3)c2=O)c(OC)c1. The molecule has 0 aliphatic rings. The third-order valence-corrected chi connectivity index (χ3v) is 4.50. The van der Waals surface area contributed by atoms with Crippen molar-refractivity contribution < 1.29 is 23.8 Å². The van der Waals surface area contributed by atoms with Crippen molar-refractivity contribution in [2.45, 2.75) is 6.54 Å². The quantitative estimate of drug-likeness (QED) is 0.322. The van der Waals surface area contributed by atoms with Gasteiger partial charge in [-0.15, -0.1) is 11.3 Å². The number of rotatable bonds is 7. The van der Waals surface area contributed by atoms with Crippen molar-refractivity contribution in [2.24, 2.45) is 0 Å². The van der Waals surface area contributed by atoms with Gasteiger partial charge < -0.3 is 14.2 Å². The zero-order chi connectivity index (χ0) is 20.8. The van der Waals surface area contributed by atoms with Gasteiger partial charge in [0.25, 0.3) is 0 Å². The molecule has 10 nitrogen and oxygen atoms in total. The van der Waals surface area contributed by atoms with Gasteiger partial charge in [-0.25, -0.2) is 14.4 Å². The van der Waals surface area contributed by atoms with Crippen molar-refractivity contribution in [1.29, 1.82) is 0 Å². The number of hydrogen-bond acceptors (Lipinski definition) is 9. The maximum atomic E-state index is 12.3. The van der Waals surface area contributed by atoms with Crippen LogP contribution in [0, 0.1) is 0 Å². The second-order valence-electron chi connectivity index (χ2n) is 5.52. The van der Waals surface area contributed by atoms with Gasteiger partial charge in [-0.1, -0.05) is 6.07 Å². The zero-order valence-corrected chi connectivity index (χ0v) is 16.3. The highest BCUT2D eigenvalue weighted by atomic mass is 32.1. The van der Waals surface area contributed by atoms with Crippen molar-refractivity contribution in [1.82, 2.24) is 19.8 Å². The van der Waals surface area contributed by atoms with Gasteiger partial charge in [0.05, 0.1) is 14.2 Å². The van der Waals surface area contributed by atoms with Crippen LogP contribution >= 0.6 is 11.3 Å². The largest absolute Gasteiger partial charge is 0.493 e. The third-order valence-electron chi connectivity index (χ3n) is 3.66. The van der Waals surface area contributed by atoms with E-state index in [0.717, 1.165) is 9.36 Å². The number of carbonyl (C=O) groups is 2. The maximum absolute atomic E-state index is 12.3. The zero-order valence-electron chi connectivity index (χ0n) is 15.5. The smallest absolute Gasteiger partial charge is 0.369 e. The first-order chi connectivity index (χ1) is 14.0. The summed E-state index contributed by atoms with van der Waals surface area (Å²) in [4.78, 5) is 35.7. The van der Waals surface area contributed by atoms with Crippen LogP contribution in [0.15, 0.2) is 46.6 Å². The van der Waals surface area contributed by atoms with Crippen LogP contribution in [0.4, 0.5) is 0 Å². The predicted octanol–water partition coefficient (Wildman–Crippen LogP) is 1.29. The standard InChI is InChI=1S/C18H16N4O6S/c1-26-14-10-12(6-8-16(23)27-2)5-7-13(14)28-17(24)11-21-18(25)22(20-19-21)15-4-3-9-29-15/h3-10H,11H2,1-2H3/b8-6+. The molecule has 0 radical (unpaired) electrons. The number of esters is 2. The summed E-state index contributed by atoms with van der Waals surface area (Å²) in [6, 6.07) is 8.21. The van der Waals surface area contributed by atoms with Gasteiger partial charge in [0.15, 0.2) is 11.5 Å². The number of carbonyl (C=O) groups excluding carboxylic acids is 2. The minimum absolute atomic E-state index is 0.159. The molecular weight excluding hydrogens is 400 g/mol. The summed E-state index contributed by atoms with van der Waals surface area (Å²) in [6.45, 7) is -0.419. The van der Waals surface area contributed by atoms with Gasteiger partial charge in [-0.3, -0.25) is 0 Å². The van der Waals surface area contributed by atoms with Crippen LogP contribution in [-0.2, 0) is 20.9 Å². The summed E-state index contributed by atoms with van der Waals surface area (Å²) in [6.07, 6.45) is 2.78. The van der Waals surface area contributed by atoms with Gasteiger partial charge in [-0.05, 0) is 51.7 Å². The summed E-state index contributed by atoms with van der Waals surface area (Å²) >= 11 is 1.32. The van der Waals surface area contributed by atoms with E-state index < -0.39 is 24.2 Å². The Morgan fingerprint density at radius 1 is 1.17 bits per heavy atom. The molecule has 2 heterocycles. The highest BCUT2D eigenvalue weighted by Gasteiger charge is 2.16. The minimum Gasteiger partial charge on any atom is -0.493 e. The molecule has 150 valence electrons. The number of nitrogens with zero attached hydrogens (tertiary/aromatic N) is 4. The molecule has 0 N–H and O–H groups in total. The Bertz CT molecular complexity index is 1100. The average Bonchev–Trinajstić information content (AvgIpc) is 3.37. The molecule has 0 bridgehead atoms. The summed E-state index contributed by atoms with van der Waals surface area (Å²) < 4.78 is 17.0. The number of methoxy groups -OCH3 is 2. The van der Waals surface area contributed by atoms with E-state index in [4.69, 9.17) is 9.47 Å². The Kier molecular flexibility index (Phi) is 6.19. The highest BCUT2D eigenvalue weighted by Crippen LogP contribution is 2.28. The van der Waals surface area contributed by atoms with Gasteiger partial charge in [0.1, 0.15) is 11.5 Å². The molecule has 11 heteroatoms. The number of benzene rings is 1. The lowest BCUT2D eigenvalue weighted by atomic mass is 10.2. The van der Waals surface area contributed by atoms with E-state index in [-0.39, 0.29) is 11.5 Å². The van der Waals surface area contributed by atoms with Crippen LogP contribution in [0.25, 0.3) is 11.1 Å². The molecule has 29 heavy (non-hydrogen) atoms. The van der Waals surface area contributed by atoms with Gasteiger partial charge >= 0.3 is 17.6 Å². The second kappa shape index (κ2) is 8.97. The van der Waals surface area contributed by atoms with E-state index >= 15 is 0 Å². The van der Waals surface area contributed by atoms with E-state index in [0.29, 0.717) is 10.6 Å². The predicted molar refractivity (Wildman–Crippen MR) is 103 cm³/mol. The molecule has 2 aromatic heterocycles. The van der Waals surface area contributed by atoms with Crippen molar-refractivity contribution in [3.63, 3.8) is 0 Å². The number of hydrogen-bond donors (Lipinski definition) is 0. The van der Waals surface area contributed by atoms with Crippen molar-refractivity contribution in [2.75, 3.05) is 14.2 Å². The fourth-order valence-corrected chi connectivity index (χ4v) is 2.95. The van der Waals surface area contributed by atoms with Crippen LogP contribution in [0.5, 0.6) is 11.5 Å². The van der Waals surface area contributed by atoms with Crippen molar-refractivity contribution in [3.8, 4) is 16.5 Å². The third kappa shape index (κ3) is 4.76. The molecule has 1 aromatic carbocycles. The Morgan fingerprint density at radius 2 is 2.00 bits per heavy atom. The van der Waals surface area contributed by atoms with Crippen LogP contribution in [0.2, 0.25) is 0 Å². The Hall–Kier alpha value is -3.73. The van der Waals surface area contributed by atoms with Crippen LogP contribution in [0.3, 0.4) is 0 Å². The highest BCUT2D eigenvalue weighted by molar-refractivity contribution is 7.12. The van der Waals surface area contributed by atoms with E-state index in [2.05, 4.69) is 15.2 Å². The molecule has 0 fully saturated rings. The van der Waals surface area contributed by atoms with Crippen LogP contribution in [0.1, 0.15) is 5.56 Å². The molecule has 0 amide bonds. The molecular formula is C18H16N4O6S. The molecule has 0 saturated carbocycles. The first-order valence-electron chi connectivity index (χ1n) is 8.23. The lowest BCUT2D eigenvalue weighted by molar-refractivity contribution is -0.136. The summed E-state index contributed by atoms with van der Waals surface area (Å²) in [7, 11) is 2.69. The number of tetrazole rings is 1. The topological polar surface area (TPSA) is 115 Å². The van der Waals surface area contributed by atoms with E-state index in [1.165, 1.54) is 43.8 Å². The van der Waals surface area contributed by atoms with Gasteiger partial charge in [-0.2, -0.15) is 9.36 Å². The van der Waals surface area contributed by atoms with Crippen LogP contribution in [-0.4, -0.2) is 45.9 Å². The van der Waals surface area contributed by atoms with Crippen molar-refractivity contribution in [3.05, 3.63) is 57.8 Å². The lowest BCUT2D eigenvalue weighted by Gasteiger charge is -2.09. The molecule has 0 aliphatic carbocycles. The van der Waals surface area contributed by atoms with E-state index in [9.17, 15) is 14.4 Å². The Labute approximate surface area is 168 Å². The maximum Gasteiger partial charge on any atom is 0.369 e. The molecule has 0 aliphatic heterocycles. The molecule has 3 rings (SSSR count). The normalized spacial score (nSPS) is 10.8.